The Labute approximate surface area is 114 Å². The van der Waals surface area contributed by atoms with Crippen LogP contribution in [0.4, 0.5) is 4.39 Å². The van der Waals surface area contributed by atoms with Gasteiger partial charge in [0.2, 0.25) is 0 Å². The first kappa shape index (κ1) is 15.3. The topological polar surface area (TPSA) is 28.2 Å². The maximum Gasteiger partial charge on any atom is 0.141 e. The zero-order valence-corrected chi connectivity index (χ0v) is 11.5. The second kappa shape index (κ2) is 7.67. The van der Waals surface area contributed by atoms with Crippen LogP contribution in [0.25, 0.3) is 0 Å². The largest absolute Gasteiger partial charge is 0.317 e. The first-order valence-corrected chi connectivity index (χ1v) is 6.26. The molecular weight excluding hydrogens is 253 g/mol. The van der Waals surface area contributed by atoms with E-state index in [-0.39, 0.29) is 18.2 Å². The molecule has 0 bridgehead atoms. The number of hydrogen-bond donors (Lipinski definition) is 1. The first-order chi connectivity index (χ1) is 8.25. The van der Waals surface area contributed by atoms with Crippen molar-refractivity contribution >= 4 is 12.4 Å². The Balaban J connectivity index is 0.00000162. The molecule has 0 aromatic carbocycles. The molecule has 0 aliphatic carbocycles. The second-order valence-corrected chi connectivity index (χ2v) is 4.76. The Hall–Kier alpha value is -0.710. The molecule has 1 atom stereocenters. The van der Waals surface area contributed by atoms with Crippen molar-refractivity contribution in [3.8, 4) is 0 Å². The molecule has 1 aliphatic heterocycles. The highest BCUT2D eigenvalue weighted by Crippen LogP contribution is 2.14. The number of hydrogen-bond acceptors (Lipinski definition) is 3. The lowest BCUT2D eigenvalue weighted by Gasteiger charge is -2.26. The van der Waals surface area contributed by atoms with Gasteiger partial charge in [0.15, 0.2) is 0 Å². The number of nitrogens with one attached hydrogen (secondary N) is 1. The lowest BCUT2D eigenvalue weighted by molar-refractivity contribution is 0.216. The molecule has 1 aliphatic rings. The quantitative estimate of drug-likeness (QED) is 0.915. The molecule has 1 aromatic rings. The Bertz CT molecular complexity index is 354. The molecule has 18 heavy (non-hydrogen) atoms. The summed E-state index contributed by atoms with van der Waals surface area (Å²) in [7, 11) is 2.11. The number of halogens is 2. The van der Waals surface area contributed by atoms with Gasteiger partial charge in [-0.25, -0.2) is 4.39 Å². The molecule has 1 unspecified atom stereocenters. The molecule has 1 fully saturated rings. The molecular formula is C13H21ClFN3. The summed E-state index contributed by atoms with van der Waals surface area (Å²) in [5.41, 5.74) is 0.949. The third kappa shape index (κ3) is 4.52. The van der Waals surface area contributed by atoms with Gasteiger partial charge in [0.1, 0.15) is 5.82 Å². The van der Waals surface area contributed by atoms with E-state index < -0.39 is 0 Å². The third-order valence-electron chi connectivity index (χ3n) is 3.36. The minimum atomic E-state index is -0.251. The van der Waals surface area contributed by atoms with Crippen molar-refractivity contribution < 1.29 is 4.39 Å². The summed E-state index contributed by atoms with van der Waals surface area (Å²) < 4.78 is 13.0. The molecule has 102 valence electrons. The van der Waals surface area contributed by atoms with E-state index in [0.29, 0.717) is 6.04 Å². The maximum absolute atomic E-state index is 13.0. The smallest absolute Gasteiger partial charge is 0.141 e. The second-order valence-electron chi connectivity index (χ2n) is 4.76. The molecule has 1 saturated heterocycles. The number of pyridine rings is 1. The van der Waals surface area contributed by atoms with Crippen molar-refractivity contribution in [3.63, 3.8) is 0 Å². The Morgan fingerprint density at radius 3 is 3.00 bits per heavy atom. The zero-order valence-electron chi connectivity index (χ0n) is 10.7. The van der Waals surface area contributed by atoms with Crippen molar-refractivity contribution in [2.24, 2.45) is 0 Å². The Morgan fingerprint density at radius 2 is 2.22 bits per heavy atom. The van der Waals surface area contributed by atoms with Crippen LogP contribution in [-0.4, -0.2) is 36.1 Å². The predicted molar refractivity (Wildman–Crippen MR) is 73.4 cm³/mol. The fourth-order valence-electron chi connectivity index (χ4n) is 2.40. The summed E-state index contributed by atoms with van der Waals surface area (Å²) >= 11 is 0. The Morgan fingerprint density at radius 1 is 1.39 bits per heavy atom. The van der Waals surface area contributed by atoms with Gasteiger partial charge in [-0.05, 0) is 51.0 Å². The van der Waals surface area contributed by atoms with Gasteiger partial charge in [-0.15, -0.1) is 12.4 Å². The summed E-state index contributed by atoms with van der Waals surface area (Å²) in [6.07, 6.45) is 6.59. The van der Waals surface area contributed by atoms with Gasteiger partial charge < -0.3 is 5.32 Å². The standard InChI is InChI=1S/C13H20FN3.ClH/c1-17(13-3-2-5-15-6-4-13)10-11-7-12(14)9-16-8-11;/h7-9,13,15H,2-6,10H2,1H3;1H. The van der Waals surface area contributed by atoms with Crippen LogP contribution in [0.15, 0.2) is 18.5 Å². The number of aromatic nitrogens is 1. The first-order valence-electron chi connectivity index (χ1n) is 6.26. The van der Waals surface area contributed by atoms with Gasteiger partial charge in [0.25, 0.3) is 0 Å². The van der Waals surface area contributed by atoms with E-state index in [1.165, 1.54) is 25.5 Å². The normalized spacial score (nSPS) is 20.3. The molecule has 1 aromatic heterocycles. The van der Waals surface area contributed by atoms with E-state index in [0.717, 1.165) is 25.2 Å². The van der Waals surface area contributed by atoms with Crippen LogP contribution >= 0.6 is 12.4 Å². The summed E-state index contributed by atoms with van der Waals surface area (Å²) in [5.74, 6) is -0.251. The van der Waals surface area contributed by atoms with Crippen LogP contribution in [0.2, 0.25) is 0 Å². The zero-order chi connectivity index (χ0) is 12.1. The summed E-state index contributed by atoms with van der Waals surface area (Å²) in [6, 6.07) is 2.16. The molecule has 0 saturated carbocycles. The van der Waals surface area contributed by atoms with Crippen molar-refractivity contribution in [3.05, 3.63) is 29.8 Å². The summed E-state index contributed by atoms with van der Waals surface area (Å²) in [5, 5.41) is 3.41. The van der Waals surface area contributed by atoms with Crippen molar-refractivity contribution in [2.75, 3.05) is 20.1 Å². The van der Waals surface area contributed by atoms with Gasteiger partial charge in [-0.3, -0.25) is 9.88 Å². The molecule has 0 spiro atoms. The summed E-state index contributed by atoms with van der Waals surface area (Å²) in [4.78, 5) is 6.20. The van der Waals surface area contributed by atoms with Gasteiger partial charge in [-0.2, -0.15) is 0 Å². The van der Waals surface area contributed by atoms with Crippen molar-refractivity contribution in [1.29, 1.82) is 0 Å². The molecule has 2 rings (SSSR count). The fourth-order valence-corrected chi connectivity index (χ4v) is 2.40. The van der Waals surface area contributed by atoms with Crippen LogP contribution < -0.4 is 5.32 Å². The van der Waals surface area contributed by atoms with E-state index in [2.05, 4.69) is 22.2 Å². The van der Waals surface area contributed by atoms with Crippen LogP contribution in [-0.2, 0) is 6.54 Å². The van der Waals surface area contributed by atoms with Gasteiger partial charge >= 0.3 is 0 Å². The molecule has 2 heterocycles. The molecule has 0 amide bonds. The lowest BCUT2D eigenvalue weighted by Crippen LogP contribution is -2.32. The molecule has 3 nitrogen and oxygen atoms in total. The van der Waals surface area contributed by atoms with Gasteiger partial charge in [0.05, 0.1) is 6.20 Å². The van der Waals surface area contributed by atoms with Gasteiger partial charge in [0, 0.05) is 18.8 Å². The third-order valence-corrected chi connectivity index (χ3v) is 3.36. The molecule has 5 heteroatoms. The van der Waals surface area contributed by atoms with E-state index in [1.807, 2.05) is 0 Å². The van der Waals surface area contributed by atoms with E-state index >= 15 is 0 Å². The molecule has 0 radical (unpaired) electrons. The average molecular weight is 274 g/mol. The summed E-state index contributed by atoms with van der Waals surface area (Å²) in [6.45, 7) is 2.97. The predicted octanol–water partition coefficient (Wildman–Crippen LogP) is 2.22. The van der Waals surface area contributed by atoms with E-state index in [1.54, 1.807) is 12.3 Å². The van der Waals surface area contributed by atoms with E-state index in [9.17, 15) is 4.39 Å². The lowest BCUT2D eigenvalue weighted by atomic mass is 10.1. The van der Waals surface area contributed by atoms with Crippen molar-refractivity contribution in [1.82, 2.24) is 15.2 Å². The SMILES string of the molecule is CN(Cc1cncc(F)c1)C1CCCNCC1.Cl. The van der Waals surface area contributed by atoms with Crippen LogP contribution in [0, 0.1) is 5.82 Å². The highest BCUT2D eigenvalue weighted by molar-refractivity contribution is 5.85. The minimum absolute atomic E-state index is 0. The van der Waals surface area contributed by atoms with Crippen LogP contribution in [0.5, 0.6) is 0 Å². The van der Waals surface area contributed by atoms with E-state index in [4.69, 9.17) is 0 Å². The highest BCUT2D eigenvalue weighted by atomic mass is 35.5. The highest BCUT2D eigenvalue weighted by Gasteiger charge is 2.16. The fraction of sp³-hybridized carbons (Fsp3) is 0.615. The van der Waals surface area contributed by atoms with Crippen LogP contribution in [0.3, 0.4) is 0 Å². The Kier molecular flexibility index (Phi) is 6.54. The average Bonchev–Trinajstić information content (AvgIpc) is 2.57. The molecule has 1 N–H and O–H groups in total. The van der Waals surface area contributed by atoms with Crippen LogP contribution in [0.1, 0.15) is 24.8 Å². The maximum atomic E-state index is 13.0. The number of rotatable bonds is 3. The minimum Gasteiger partial charge on any atom is -0.317 e. The van der Waals surface area contributed by atoms with Gasteiger partial charge in [-0.1, -0.05) is 0 Å². The monoisotopic (exact) mass is 273 g/mol. The number of nitrogens with zero attached hydrogens (tertiary/aromatic N) is 2. The van der Waals surface area contributed by atoms with Crippen molar-refractivity contribution in [2.45, 2.75) is 31.8 Å².